The fraction of sp³-hybridized carbons (Fsp3) is 0.0364. The number of rotatable bonds is 5. The van der Waals surface area contributed by atoms with Gasteiger partial charge in [-0.15, -0.1) is 11.8 Å². The van der Waals surface area contributed by atoms with E-state index in [1.54, 1.807) is 0 Å². The molecule has 0 saturated carbocycles. The second-order valence-corrected chi connectivity index (χ2v) is 16.9. The van der Waals surface area contributed by atoms with E-state index in [4.69, 9.17) is 23.8 Å². The quantitative estimate of drug-likeness (QED) is 0.173. The van der Waals surface area contributed by atoms with Crippen molar-refractivity contribution in [1.29, 1.82) is 0 Å². The fourth-order valence-electron chi connectivity index (χ4n) is 9.67. The summed E-state index contributed by atoms with van der Waals surface area (Å²) in [5.74, 6) is 2.17. The van der Waals surface area contributed by atoms with Crippen molar-refractivity contribution in [3.63, 3.8) is 0 Å². The maximum Gasteiger partial charge on any atom is 0.164 e. The zero-order valence-corrected chi connectivity index (χ0v) is 33.4. The summed E-state index contributed by atoms with van der Waals surface area (Å²) in [5.41, 5.74) is 12.1. The summed E-state index contributed by atoms with van der Waals surface area (Å²) < 4.78 is 13.1. The van der Waals surface area contributed by atoms with Crippen LogP contribution in [-0.4, -0.2) is 20.2 Å². The molecule has 6 heteroatoms. The van der Waals surface area contributed by atoms with E-state index in [9.17, 15) is 0 Å². The number of hydrogen-bond donors (Lipinski definition) is 0. The zero-order valence-electron chi connectivity index (χ0n) is 32.6. The van der Waals surface area contributed by atoms with Crippen LogP contribution in [0.25, 0.3) is 105 Å². The summed E-state index contributed by atoms with van der Waals surface area (Å²) in [4.78, 5) is 17.1. The average molecular weight is 800 g/mol. The first-order valence-corrected chi connectivity index (χ1v) is 21.5. The number of thioether (sulfide) groups is 1. The maximum atomic E-state index is 6.85. The molecule has 1 aliphatic heterocycles. The third kappa shape index (κ3) is 5.32. The van der Waals surface area contributed by atoms with Gasteiger partial charge in [0.05, 0.1) is 0 Å². The lowest BCUT2D eigenvalue weighted by Gasteiger charge is -2.23. The Hall–Kier alpha value is -7.54. The van der Waals surface area contributed by atoms with Gasteiger partial charge in [-0.05, 0) is 63.4 Å². The number of furan rings is 2. The summed E-state index contributed by atoms with van der Waals surface area (Å²) in [6, 6.07) is 59.3. The van der Waals surface area contributed by atoms with Crippen LogP contribution >= 0.6 is 11.8 Å². The number of benzene rings is 8. The molecule has 2 aliphatic rings. The van der Waals surface area contributed by atoms with Gasteiger partial charge in [0.15, 0.2) is 17.5 Å². The second kappa shape index (κ2) is 13.5. The van der Waals surface area contributed by atoms with Crippen LogP contribution in [0.3, 0.4) is 0 Å². The molecule has 0 radical (unpaired) electrons. The van der Waals surface area contributed by atoms with Crippen molar-refractivity contribution in [3.05, 3.63) is 199 Å². The lowest BCUT2D eigenvalue weighted by molar-refractivity contribution is 0.668. The number of aromatic nitrogens is 3. The van der Waals surface area contributed by atoms with Crippen LogP contribution in [-0.2, 0) is 0 Å². The molecule has 0 spiro atoms. The molecular weight excluding hydrogens is 767 g/mol. The number of allylic oxidation sites excluding steroid dienone is 3. The van der Waals surface area contributed by atoms with Crippen LogP contribution in [0.15, 0.2) is 202 Å². The van der Waals surface area contributed by atoms with E-state index in [2.05, 4.69) is 152 Å². The highest BCUT2D eigenvalue weighted by Crippen LogP contribution is 2.53. The van der Waals surface area contributed by atoms with Gasteiger partial charge in [0.1, 0.15) is 22.3 Å². The molecule has 286 valence electrons. The van der Waals surface area contributed by atoms with Crippen LogP contribution in [0.1, 0.15) is 17.3 Å². The normalized spacial score (nSPS) is 15.8. The maximum absolute atomic E-state index is 6.85. The van der Waals surface area contributed by atoms with Crippen molar-refractivity contribution in [3.8, 4) is 45.0 Å². The Labute approximate surface area is 354 Å². The highest BCUT2D eigenvalue weighted by Gasteiger charge is 2.37. The SMILES string of the molecule is C1=CC2Sc3ccccc3C2C(c2nc(-c3ccccc3)nc(-c3ccc(-c4cccc5oc6c(-c7cccc8oc9ccccc9c78)cccc6c45)c4ccccc34)n2)=C1. The van der Waals surface area contributed by atoms with E-state index in [1.807, 2.05) is 48.2 Å². The fourth-order valence-corrected chi connectivity index (χ4v) is 11.1. The first-order chi connectivity index (χ1) is 30.2. The molecule has 13 rings (SSSR count). The van der Waals surface area contributed by atoms with Crippen molar-refractivity contribution in [2.75, 3.05) is 0 Å². The lowest BCUT2D eigenvalue weighted by atomic mass is 9.84. The standard InChI is InChI=1S/C55H33N3O2S/c1-2-14-32(15-3-1)53-56-54(58-55(57-53)43-24-13-29-48-51(43)41-19-7-9-28-47(41)61-48)39-31-30-35(33-16-4-5-17-34(33)39)36-20-11-27-46-50(36)42-23-10-22-38(52(42)60-46)37-21-12-26-45-49(37)40-18-6-8-25-44(40)59-45/h1-31,48,51H. The smallest absolute Gasteiger partial charge is 0.164 e. The molecule has 0 saturated heterocycles. The molecule has 0 N–H and O–H groups in total. The molecule has 11 aromatic rings. The summed E-state index contributed by atoms with van der Waals surface area (Å²) in [6.45, 7) is 0. The van der Waals surface area contributed by atoms with Crippen molar-refractivity contribution in [2.45, 2.75) is 16.1 Å². The van der Waals surface area contributed by atoms with Gasteiger partial charge in [-0.2, -0.15) is 0 Å². The van der Waals surface area contributed by atoms with Gasteiger partial charge in [0, 0.05) is 59.9 Å². The summed E-state index contributed by atoms with van der Waals surface area (Å²) in [5, 5.41) is 6.79. The van der Waals surface area contributed by atoms with Crippen molar-refractivity contribution >= 4 is 72.0 Å². The molecule has 0 bridgehead atoms. The van der Waals surface area contributed by atoms with E-state index in [1.165, 1.54) is 10.5 Å². The summed E-state index contributed by atoms with van der Waals surface area (Å²) in [6.07, 6.45) is 6.66. The zero-order chi connectivity index (χ0) is 40.0. The van der Waals surface area contributed by atoms with Gasteiger partial charge >= 0.3 is 0 Å². The minimum atomic E-state index is 0.155. The Bertz CT molecular complexity index is 3660. The molecule has 8 aromatic carbocycles. The predicted octanol–water partition coefficient (Wildman–Crippen LogP) is 14.7. The van der Waals surface area contributed by atoms with E-state index in [0.717, 1.165) is 93.6 Å². The minimum absolute atomic E-state index is 0.155. The van der Waals surface area contributed by atoms with Crippen molar-refractivity contribution in [1.82, 2.24) is 15.0 Å². The molecule has 0 fully saturated rings. The Balaban J connectivity index is 0.990. The van der Waals surface area contributed by atoms with Gasteiger partial charge in [0.2, 0.25) is 0 Å². The molecule has 5 nitrogen and oxygen atoms in total. The molecule has 2 atom stereocenters. The number of fused-ring (bicyclic) bond motifs is 10. The van der Waals surface area contributed by atoms with Crippen LogP contribution in [0.4, 0.5) is 0 Å². The van der Waals surface area contributed by atoms with E-state index in [0.29, 0.717) is 17.5 Å². The highest BCUT2D eigenvalue weighted by atomic mass is 32.2. The molecular formula is C55H33N3O2S. The number of nitrogens with zero attached hydrogens (tertiary/aromatic N) is 3. The average Bonchev–Trinajstić information content (AvgIpc) is 4.03. The molecule has 3 aromatic heterocycles. The van der Waals surface area contributed by atoms with Gasteiger partial charge < -0.3 is 8.83 Å². The van der Waals surface area contributed by atoms with Crippen LogP contribution in [0.2, 0.25) is 0 Å². The Morgan fingerprint density at radius 2 is 1.03 bits per heavy atom. The van der Waals surface area contributed by atoms with E-state index < -0.39 is 0 Å². The van der Waals surface area contributed by atoms with E-state index >= 15 is 0 Å². The predicted molar refractivity (Wildman–Crippen MR) is 250 cm³/mol. The third-order valence-electron chi connectivity index (χ3n) is 12.4. The summed E-state index contributed by atoms with van der Waals surface area (Å²) >= 11 is 1.91. The topological polar surface area (TPSA) is 65.0 Å². The van der Waals surface area contributed by atoms with Gasteiger partial charge in [-0.3, -0.25) is 0 Å². The number of hydrogen-bond acceptors (Lipinski definition) is 6. The molecule has 0 amide bonds. The molecule has 4 heterocycles. The molecule has 61 heavy (non-hydrogen) atoms. The first-order valence-electron chi connectivity index (χ1n) is 20.6. The van der Waals surface area contributed by atoms with Crippen LogP contribution in [0.5, 0.6) is 0 Å². The lowest BCUT2D eigenvalue weighted by Crippen LogP contribution is -2.15. The van der Waals surface area contributed by atoms with Crippen molar-refractivity contribution in [2.24, 2.45) is 0 Å². The van der Waals surface area contributed by atoms with Crippen LogP contribution in [0, 0.1) is 0 Å². The largest absolute Gasteiger partial charge is 0.456 e. The minimum Gasteiger partial charge on any atom is -0.456 e. The second-order valence-electron chi connectivity index (χ2n) is 15.7. The Morgan fingerprint density at radius 3 is 1.90 bits per heavy atom. The third-order valence-corrected chi connectivity index (χ3v) is 13.7. The van der Waals surface area contributed by atoms with Gasteiger partial charge in [-0.25, -0.2) is 15.0 Å². The Morgan fingerprint density at radius 1 is 0.426 bits per heavy atom. The van der Waals surface area contributed by atoms with Gasteiger partial charge in [-0.1, -0.05) is 158 Å². The monoisotopic (exact) mass is 799 g/mol. The first kappa shape index (κ1) is 34.3. The van der Waals surface area contributed by atoms with Crippen LogP contribution < -0.4 is 0 Å². The highest BCUT2D eigenvalue weighted by molar-refractivity contribution is 8.00. The summed E-state index contributed by atoms with van der Waals surface area (Å²) in [7, 11) is 0. The van der Waals surface area contributed by atoms with Crippen molar-refractivity contribution < 1.29 is 8.83 Å². The van der Waals surface area contributed by atoms with E-state index in [-0.39, 0.29) is 11.2 Å². The molecule has 2 unspecified atom stereocenters. The van der Waals surface area contributed by atoms with Gasteiger partial charge in [0.25, 0.3) is 0 Å². The Kier molecular flexibility index (Phi) is 7.60. The number of para-hydroxylation sites is 2. The molecule has 1 aliphatic carbocycles.